The van der Waals surface area contributed by atoms with Gasteiger partial charge < -0.3 is 20.0 Å². The fourth-order valence-electron chi connectivity index (χ4n) is 3.69. The minimum atomic E-state index is -0.366. The zero-order chi connectivity index (χ0) is 19.3. The molecule has 28 heavy (non-hydrogen) atoms. The molecule has 2 aromatic rings. The molecule has 1 N–H and O–H groups in total. The standard InChI is InChI=1S/C20H25FN6O/c21-16-5-4-6-17(15-16)22-20(28)27-13-11-26(12-14-27)19-8-7-18(23-24-19)25-9-2-1-3-10-25/h4-8,15H,1-3,9-14H2,(H,22,28). The Morgan fingerprint density at radius 2 is 1.50 bits per heavy atom. The number of aromatic nitrogens is 2. The predicted octanol–water partition coefficient (Wildman–Crippen LogP) is 2.96. The molecule has 0 bridgehead atoms. The van der Waals surface area contributed by atoms with Crippen molar-refractivity contribution >= 4 is 23.4 Å². The van der Waals surface area contributed by atoms with E-state index in [0.717, 1.165) is 24.7 Å². The van der Waals surface area contributed by atoms with Crippen molar-refractivity contribution in [2.75, 3.05) is 54.4 Å². The number of halogens is 1. The molecule has 0 saturated carbocycles. The van der Waals surface area contributed by atoms with Crippen LogP contribution in [0.4, 0.5) is 26.5 Å². The van der Waals surface area contributed by atoms with Gasteiger partial charge in [0.15, 0.2) is 11.6 Å². The van der Waals surface area contributed by atoms with Gasteiger partial charge in [-0.1, -0.05) is 6.07 Å². The first kappa shape index (κ1) is 18.5. The van der Waals surface area contributed by atoms with Gasteiger partial charge in [-0.3, -0.25) is 0 Å². The SMILES string of the molecule is O=C(Nc1cccc(F)c1)N1CCN(c2ccc(N3CCCCC3)nn2)CC1. The van der Waals surface area contributed by atoms with Crippen molar-refractivity contribution in [1.82, 2.24) is 15.1 Å². The lowest BCUT2D eigenvalue weighted by Crippen LogP contribution is -2.50. The molecule has 0 aliphatic carbocycles. The van der Waals surface area contributed by atoms with Gasteiger partial charge in [0.05, 0.1) is 0 Å². The summed E-state index contributed by atoms with van der Waals surface area (Å²) >= 11 is 0. The zero-order valence-electron chi connectivity index (χ0n) is 15.9. The molecule has 0 radical (unpaired) electrons. The molecule has 2 saturated heterocycles. The van der Waals surface area contributed by atoms with Crippen LogP contribution in [0.5, 0.6) is 0 Å². The third-order valence-corrected chi connectivity index (χ3v) is 5.28. The third-order valence-electron chi connectivity index (χ3n) is 5.28. The Balaban J connectivity index is 1.30. The van der Waals surface area contributed by atoms with Gasteiger partial charge in [-0.2, -0.15) is 0 Å². The molecule has 0 spiro atoms. The summed E-state index contributed by atoms with van der Waals surface area (Å²) < 4.78 is 13.3. The lowest BCUT2D eigenvalue weighted by atomic mass is 10.1. The highest BCUT2D eigenvalue weighted by molar-refractivity contribution is 5.89. The molecular weight excluding hydrogens is 359 g/mol. The van der Waals surface area contributed by atoms with Gasteiger partial charge in [-0.15, -0.1) is 10.2 Å². The normalized spacial score (nSPS) is 17.5. The van der Waals surface area contributed by atoms with E-state index in [-0.39, 0.29) is 11.8 Å². The summed E-state index contributed by atoms with van der Waals surface area (Å²) in [5.41, 5.74) is 0.464. The number of carbonyl (C=O) groups excluding carboxylic acids is 1. The smallest absolute Gasteiger partial charge is 0.321 e. The highest BCUT2D eigenvalue weighted by Gasteiger charge is 2.22. The van der Waals surface area contributed by atoms with E-state index in [1.807, 2.05) is 12.1 Å². The van der Waals surface area contributed by atoms with Crippen LogP contribution < -0.4 is 15.1 Å². The summed E-state index contributed by atoms with van der Waals surface area (Å²) in [6.45, 7) is 4.64. The largest absolute Gasteiger partial charge is 0.355 e. The van der Waals surface area contributed by atoms with Crippen LogP contribution >= 0.6 is 0 Å². The van der Waals surface area contributed by atoms with Crippen molar-refractivity contribution in [2.45, 2.75) is 19.3 Å². The van der Waals surface area contributed by atoms with E-state index in [1.165, 1.54) is 31.4 Å². The van der Waals surface area contributed by atoms with Gasteiger partial charge in [0, 0.05) is 45.0 Å². The molecule has 3 heterocycles. The maximum Gasteiger partial charge on any atom is 0.321 e. The van der Waals surface area contributed by atoms with Gasteiger partial charge in [-0.25, -0.2) is 9.18 Å². The van der Waals surface area contributed by atoms with Crippen LogP contribution in [0, 0.1) is 5.82 Å². The summed E-state index contributed by atoms with van der Waals surface area (Å²) in [7, 11) is 0. The number of nitrogens with zero attached hydrogens (tertiary/aromatic N) is 5. The van der Waals surface area contributed by atoms with Gasteiger partial charge in [0.2, 0.25) is 0 Å². The van der Waals surface area contributed by atoms with Crippen molar-refractivity contribution in [3.05, 3.63) is 42.2 Å². The Kier molecular flexibility index (Phi) is 5.55. The third kappa shape index (κ3) is 4.32. The molecule has 0 unspecified atom stereocenters. The van der Waals surface area contributed by atoms with Crippen LogP contribution in [0.25, 0.3) is 0 Å². The Bertz CT molecular complexity index is 801. The molecule has 148 valence electrons. The minimum absolute atomic E-state index is 0.211. The zero-order valence-corrected chi connectivity index (χ0v) is 15.9. The van der Waals surface area contributed by atoms with Gasteiger partial charge in [-0.05, 0) is 49.6 Å². The highest BCUT2D eigenvalue weighted by Crippen LogP contribution is 2.20. The molecule has 2 fully saturated rings. The molecule has 7 nitrogen and oxygen atoms in total. The van der Waals surface area contributed by atoms with Crippen LogP contribution in [0.15, 0.2) is 36.4 Å². The van der Waals surface area contributed by atoms with Crippen molar-refractivity contribution in [3.8, 4) is 0 Å². The Morgan fingerprint density at radius 3 is 2.11 bits per heavy atom. The Morgan fingerprint density at radius 1 is 0.857 bits per heavy atom. The first-order valence-electron chi connectivity index (χ1n) is 9.84. The lowest BCUT2D eigenvalue weighted by Gasteiger charge is -2.35. The van der Waals surface area contributed by atoms with Crippen LogP contribution in [0.1, 0.15) is 19.3 Å². The number of nitrogens with one attached hydrogen (secondary N) is 1. The fourth-order valence-corrected chi connectivity index (χ4v) is 3.69. The predicted molar refractivity (Wildman–Crippen MR) is 107 cm³/mol. The molecule has 2 aliphatic rings. The number of piperidine rings is 1. The molecule has 0 atom stereocenters. The number of amides is 2. The number of anilines is 3. The van der Waals surface area contributed by atoms with Crippen LogP contribution in [0.2, 0.25) is 0 Å². The summed E-state index contributed by atoms with van der Waals surface area (Å²) in [5, 5.41) is 11.5. The van der Waals surface area contributed by atoms with Crippen LogP contribution in [0.3, 0.4) is 0 Å². The molecule has 2 aliphatic heterocycles. The highest BCUT2D eigenvalue weighted by atomic mass is 19.1. The number of benzene rings is 1. The average molecular weight is 384 g/mol. The Labute approximate surface area is 164 Å². The number of carbonyl (C=O) groups is 1. The quantitative estimate of drug-likeness (QED) is 0.881. The average Bonchev–Trinajstić information content (AvgIpc) is 2.75. The summed E-state index contributed by atoms with van der Waals surface area (Å²) in [5.74, 6) is 1.41. The van der Waals surface area contributed by atoms with E-state index < -0.39 is 0 Å². The van der Waals surface area contributed by atoms with Gasteiger partial charge >= 0.3 is 6.03 Å². The molecule has 2 amide bonds. The van der Waals surface area contributed by atoms with Crippen LogP contribution in [-0.2, 0) is 0 Å². The summed E-state index contributed by atoms with van der Waals surface area (Å²) in [4.78, 5) is 18.5. The van der Waals surface area contributed by atoms with E-state index in [9.17, 15) is 9.18 Å². The van der Waals surface area contributed by atoms with E-state index in [1.54, 1.807) is 17.0 Å². The first-order chi connectivity index (χ1) is 13.7. The molecule has 1 aromatic heterocycles. The summed E-state index contributed by atoms with van der Waals surface area (Å²) in [6, 6.07) is 9.76. The van der Waals surface area contributed by atoms with E-state index >= 15 is 0 Å². The first-order valence-corrected chi connectivity index (χ1v) is 9.84. The van der Waals surface area contributed by atoms with Crippen molar-refractivity contribution in [2.24, 2.45) is 0 Å². The van der Waals surface area contributed by atoms with Crippen molar-refractivity contribution in [1.29, 1.82) is 0 Å². The number of piperazine rings is 1. The second-order valence-corrected chi connectivity index (χ2v) is 7.21. The molecule has 1 aromatic carbocycles. The topological polar surface area (TPSA) is 64.6 Å². The van der Waals surface area contributed by atoms with E-state index in [0.29, 0.717) is 31.9 Å². The van der Waals surface area contributed by atoms with Gasteiger partial charge in [0.1, 0.15) is 5.82 Å². The van der Waals surface area contributed by atoms with Crippen molar-refractivity contribution < 1.29 is 9.18 Å². The van der Waals surface area contributed by atoms with Crippen molar-refractivity contribution in [3.63, 3.8) is 0 Å². The molecule has 8 heteroatoms. The second-order valence-electron chi connectivity index (χ2n) is 7.21. The Hall–Kier alpha value is -2.90. The fraction of sp³-hybridized carbons (Fsp3) is 0.450. The lowest BCUT2D eigenvalue weighted by molar-refractivity contribution is 0.208. The molecular formula is C20H25FN6O. The van der Waals surface area contributed by atoms with Crippen LogP contribution in [-0.4, -0.2) is 60.4 Å². The number of urea groups is 1. The minimum Gasteiger partial charge on any atom is -0.355 e. The van der Waals surface area contributed by atoms with E-state index in [4.69, 9.17) is 0 Å². The number of hydrogen-bond acceptors (Lipinski definition) is 5. The maximum atomic E-state index is 13.3. The van der Waals surface area contributed by atoms with E-state index in [2.05, 4.69) is 25.3 Å². The molecule has 4 rings (SSSR count). The summed E-state index contributed by atoms with van der Waals surface area (Å²) in [6.07, 6.45) is 3.71. The number of hydrogen-bond donors (Lipinski definition) is 1. The number of rotatable bonds is 3. The second kappa shape index (κ2) is 8.41. The van der Waals surface area contributed by atoms with Gasteiger partial charge in [0.25, 0.3) is 0 Å². The monoisotopic (exact) mass is 384 g/mol. The maximum absolute atomic E-state index is 13.3.